The Morgan fingerprint density at radius 1 is 0.933 bits per heavy atom. The maximum absolute atomic E-state index is 13.3. The molecule has 0 bridgehead atoms. The summed E-state index contributed by atoms with van der Waals surface area (Å²) in [6.45, 7) is 0. The predicted molar refractivity (Wildman–Crippen MR) is 116 cm³/mol. The van der Waals surface area contributed by atoms with E-state index in [0.717, 1.165) is 16.8 Å². The second-order valence-electron chi connectivity index (χ2n) is 7.35. The summed E-state index contributed by atoms with van der Waals surface area (Å²) in [5.41, 5.74) is 2.83. The molecular weight excluding hydrogens is 404 g/mol. The SMILES string of the molecule is CN1C(=O)[C@@H](c2c(-c3ccc(Cl)cc3)[nH]c3c2c(=O)[nH]c(=O)n3C)c2ccccc21. The molecule has 0 saturated heterocycles. The molecule has 4 aromatic rings. The van der Waals surface area contributed by atoms with Crippen molar-refractivity contribution in [1.82, 2.24) is 14.5 Å². The molecule has 150 valence electrons. The fraction of sp³-hybridized carbons (Fsp3) is 0.136. The first kappa shape index (κ1) is 18.4. The second-order valence-corrected chi connectivity index (χ2v) is 7.79. The lowest BCUT2D eigenvalue weighted by Crippen LogP contribution is -2.29. The number of hydrogen-bond donors (Lipinski definition) is 2. The Hall–Kier alpha value is -3.58. The number of fused-ring (bicyclic) bond motifs is 2. The molecule has 0 aliphatic carbocycles. The van der Waals surface area contributed by atoms with Crippen LogP contribution in [0.15, 0.2) is 58.1 Å². The third-order valence-corrected chi connectivity index (χ3v) is 5.97. The van der Waals surface area contributed by atoms with Crippen molar-refractivity contribution < 1.29 is 4.79 Å². The van der Waals surface area contributed by atoms with Gasteiger partial charge in [-0.15, -0.1) is 0 Å². The number of amides is 1. The zero-order valence-electron chi connectivity index (χ0n) is 16.2. The number of rotatable bonds is 2. The highest BCUT2D eigenvalue weighted by atomic mass is 35.5. The number of benzene rings is 2. The number of nitrogens with zero attached hydrogens (tertiary/aromatic N) is 2. The molecule has 0 unspecified atom stereocenters. The average molecular weight is 421 g/mol. The third kappa shape index (κ3) is 2.48. The van der Waals surface area contributed by atoms with Gasteiger partial charge in [0.05, 0.1) is 17.0 Å². The van der Waals surface area contributed by atoms with Gasteiger partial charge in [0.2, 0.25) is 5.91 Å². The van der Waals surface area contributed by atoms with Crippen molar-refractivity contribution in [3.05, 3.63) is 85.5 Å². The largest absolute Gasteiger partial charge is 0.340 e. The van der Waals surface area contributed by atoms with Crippen LogP contribution >= 0.6 is 11.6 Å². The topological polar surface area (TPSA) is 91.0 Å². The van der Waals surface area contributed by atoms with Gasteiger partial charge >= 0.3 is 5.69 Å². The minimum Gasteiger partial charge on any atom is -0.340 e. The van der Waals surface area contributed by atoms with Crippen molar-refractivity contribution in [2.75, 3.05) is 11.9 Å². The van der Waals surface area contributed by atoms with Crippen LogP contribution in [0.1, 0.15) is 17.0 Å². The van der Waals surface area contributed by atoms with Crippen LogP contribution in [0.5, 0.6) is 0 Å². The molecule has 8 heteroatoms. The summed E-state index contributed by atoms with van der Waals surface area (Å²) in [6.07, 6.45) is 0. The number of carbonyl (C=O) groups excluding carboxylic acids is 1. The molecule has 2 N–H and O–H groups in total. The van der Waals surface area contributed by atoms with Crippen LogP contribution < -0.4 is 16.1 Å². The first-order valence-corrected chi connectivity index (χ1v) is 9.73. The third-order valence-electron chi connectivity index (χ3n) is 5.71. The van der Waals surface area contributed by atoms with E-state index in [1.807, 2.05) is 36.4 Å². The smallest absolute Gasteiger partial charge is 0.329 e. The van der Waals surface area contributed by atoms with E-state index in [1.165, 1.54) is 4.57 Å². The van der Waals surface area contributed by atoms with Crippen LogP contribution in [0, 0.1) is 0 Å². The number of nitrogens with one attached hydrogen (secondary N) is 2. The van der Waals surface area contributed by atoms with Crippen LogP contribution in [0.25, 0.3) is 22.3 Å². The Bertz CT molecular complexity index is 1450. The summed E-state index contributed by atoms with van der Waals surface area (Å²) in [6, 6.07) is 14.6. The van der Waals surface area contributed by atoms with Crippen molar-refractivity contribution in [2.24, 2.45) is 7.05 Å². The number of carbonyl (C=O) groups is 1. The van der Waals surface area contributed by atoms with E-state index in [-0.39, 0.29) is 5.91 Å². The highest BCUT2D eigenvalue weighted by Gasteiger charge is 2.40. The molecule has 2 aromatic heterocycles. The van der Waals surface area contributed by atoms with Crippen molar-refractivity contribution in [3.8, 4) is 11.3 Å². The average Bonchev–Trinajstić information content (AvgIpc) is 3.24. The highest BCUT2D eigenvalue weighted by Crippen LogP contribution is 2.45. The number of likely N-dealkylation sites (N-methyl/N-ethyl adjacent to an activating group) is 1. The molecule has 3 heterocycles. The minimum atomic E-state index is -0.677. The van der Waals surface area contributed by atoms with E-state index in [4.69, 9.17) is 11.6 Å². The van der Waals surface area contributed by atoms with E-state index in [1.54, 1.807) is 31.1 Å². The lowest BCUT2D eigenvalue weighted by molar-refractivity contribution is -0.118. The number of aromatic amines is 2. The van der Waals surface area contributed by atoms with Gasteiger partial charge in [0.1, 0.15) is 5.65 Å². The Labute approximate surface area is 175 Å². The monoisotopic (exact) mass is 420 g/mol. The number of aryl methyl sites for hydroxylation is 1. The molecule has 0 radical (unpaired) electrons. The molecule has 0 fully saturated rings. The molecule has 30 heavy (non-hydrogen) atoms. The van der Waals surface area contributed by atoms with Crippen LogP contribution in [0.4, 0.5) is 5.69 Å². The molecule has 7 nitrogen and oxygen atoms in total. The van der Waals surface area contributed by atoms with Crippen LogP contribution in [0.2, 0.25) is 5.02 Å². The number of aromatic nitrogens is 3. The summed E-state index contributed by atoms with van der Waals surface area (Å²) in [7, 11) is 3.29. The summed E-state index contributed by atoms with van der Waals surface area (Å²) in [5.74, 6) is -0.815. The number of halogens is 1. The lowest BCUT2D eigenvalue weighted by Gasteiger charge is -2.13. The first-order valence-electron chi connectivity index (χ1n) is 9.35. The zero-order chi connectivity index (χ0) is 21.2. The fourth-order valence-corrected chi connectivity index (χ4v) is 4.35. The van der Waals surface area contributed by atoms with Crippen LogP contribution in [-0.2, 0) is 11.8 Å². The summed E-state index contributed by atoms with van der Waals surface area (Å²) in [4.78, 5) is 45.6. The molecule has 1 atom stereocenters. The van der Waals surface area contributed by atoms with Crippen molar-refractivity contribution >= 4 is 34.2 Å². The van der Waals surface area contributed by atoms with Crippen LogP contribution in [-0.4, -0.2) is 27.5 Å². The van der Waals surface area contributed by atoms with Gasteiger partial charge in [0, 0.05) is 30.4 Å². The Morgan fingerprint density at radius 2 is 1.63 bits per heavy atom. The van der Waals surface area contributed by atoms with Gasteiger partial charge in [-0.2, -0.15) is 0 Å². The lowest BCUT2D eigenvalue weighted by atomic mass is 9.89. The van der Waals surface area contributed by atoms with Gasteiger partial charge < -0.3 is 9.88 Å². The van der Waals surface area contributed by atoms with E-state index in [2.05, 4.69) is 9.97 Å². The van der Waals surface area contributed by atoms with Crippen LogP contribution in [0.3, 0.4) is 0 Å². The highest BCUT2D eigenvalue weighted by molar-refractivity contribution is 6.30. The molecule has 1 aliphatic rings. The van der Waals surface area contributed by atoms with Gasteiger partial charge in [-0.05, 0) is 29.3 Å². The van der Waals surface area contributed by atoms with Crippen molar-refractivity contribution in [1.29, 1.82) is 0 Å². The van der Waals surface area contributed by atoms with E-state index >= 15 is 0 Å². The molecular formula is C22H17ClN4O3. The van der Waals surface area contributed by atoms with Crippen molar-refractivity contribution in [3.63, 3.8) is 0 Å². The second kappa shape index (κ2) is 6.47. The van der Waals surface area contributed by atoms with Gasteiger partial charge in [0.15, 0.2) is 0 Å². The summed E-state index contributed by atoms with van der Waals surface area (Å²) < 4.78 is 1.34. The Morgan fingerprint density at radius 3 is 2.37 bits per heavy atom. The normalized spacial score (nSPS) is 15.8. The number of anilines is 1. The van der Waals surface area contributed by atoms with E-state index in [0.29, 0.717) is 27.3 Å². The quantitative estimate of drug-likeness (QED) is 0.522. The molecule has 1 aliphatic heterocycles. The maximum Gasteiger partial charge on any atom is 0.329 e. The Balaban J connectivity index is 1.92. The van der Waals surface area contributed by atoms with Crippen molar-refractivity contribution in [2.45, 2.75) is 5.92 Å². The minimum absolute atomic E-state index is 0.138. The standard InChI is InChI=1S/C22H17ClN4O3/c1-26-14-6-4-3-5-13(14)15(21(26)29)16-17-19(27(2)22(30)25-20(17)28)24-18(16)11-7-9-12(23)10-8-11/h3-10,15,24H,1-2H3,(H,25,28,30)/t15-/m1/s1. The number of hydrogen-bond acceptors (Lipinski definition) is 3. The first-order chi connectivity index (χ1) is 14.4. The fourth-order valence-electron chi connectivity index (χ4n) is 4.22. The van der Waals surface area contributed by atoms with E-state index in [9.17, 15) is 14.4 Å². The van der Waals surface area contributed by atoms with Gasteiger partial charge in [0.25, 0.3) is 5.56 Å². The molecule has 0 spiro atoms. The van der Waals surface area contributed by atoms with Gasteiger partial charge in [-0.1, -0.05) is 41.9 Å². The van der Waals surface area contributed by atoms with Gasteiger partial charge in [-0.3, -0.25) is 19.1 Å². The molecule has 1 amide bonds. The molecule has 0 saturated carbocycles. The number of H-pyrrole nitrogens is 2. The summed E-state index contributed by atoms with van der Waals surface area (Å²) >= 11 is 6.05. The molecule has 2 aromatic carbocycles. The Kier molecular flexibility index (Phi) is 3.98. The van der Waals surface area contributed by atoms with E-state index < -0.39 is 17.2 Å². The summed E-state index contributed by atoms with van der Waals surface area (Å²) in [5, 5.41) is 0.870. The predicted octanol–water partition coefficient (Wildman–Crippen LogP) is 2.98. The number of para-hydroxylation sites is 1. The maximum atomic E-state index is 13.3. The molecule has 5 rings (SSSR count). The van der Waals surface area contributed by atoms with Gasteiger partial charge in [-0.25, -0.2) is 4.79 Å². The zero-order valence-corrected chi connectivity index (χ0v) is 16.9.